The second-order valence-electron chi connectivity index (χ2n) is 3.26. The molecule has 2 rings (SSSR count). The summed E-state index contributed by atoms with van der Waals surface area (Å²) in [5.74, 6) is -0.104. The fourth-order valence-electron chi connectivity index (χ4n) is 1.18. The zero-order valence-electron chi connectivity index (χ0n) is 8.87. The number of aromatic nitrogens is 3. The van der Waals surface area contributed by atoms with Crippen LogP contribution in [0.15, 0.2) is 36.9 Å². The number of carbonyl (C=O) groups is 1. The van der Waals surface area contributed by atoms with Crippen LogP contribution in [0.5, 0.6) is 0 Å². The van der Waals surface area contributed by atoms with Crippen molar-refractivity contribution in [1.82, 2.24) is 15.0 Å². The van der Waals surface area contributed by atoms with Crippen molar-refractivity contribution in [3.8, 4) is 0 Å². The van der Waals surface area contributed by atoms with Gasteiger partial charge in [-0.1, -0.05) is 0 Å². The quantitative estimate of drug-likeness (QED) is 0.806. The van der Waals surface area contributed by atoms with E-state index in [0.29, 0.717) is 11.1 Å². The van der Waals surface area contributed by atoms with Gasteiger partial charge in [-0.25, -0.2) is 9.97 Å². The van der Waals surface area contributed by atoms with Gasteiger partial charge in [-0.3, -0.25) is 15.1 Å². The Bertz CT molecular complexity index is 499. The van der Waals surface area contributed by atoms with E-state index in [1.54, 1.807) is 12.1 Å². The molecule has 6 heteroatoms. The molecule has 2 N–H and O–H groups in total. The van der Waals surface area contributed by atoms with Gasteiger partial charge < -0.3 is 5.11 Å². The molecule has 0 radical (unpaired) electrons. The van der Waals surface area contributed by atoms with Crippen molar-refractivity contribution >= 4 is 11.9 Å². The summed E-state index contributed by atoms with van der Waals surface area (Å²) in [6.45, 7) is -0.126. The fraction of sp³-hybridized carbons (Fsp3) is 0.0909. The van der Waals surface area contributed by atoms with E-state index in [1.165, 1.54) is 24.8 Å². The van der Waals surface area contributed by atoms with Crippen LogP contribution in [-0.4, -0.2) is 26.0 Å². The molecule has 0 aliphatic carbocycles. The SMILES string of the molecule is O=C(Nc1ncc(CO)cn1)c1ccncc1. The molecule has 0 fully saturated rings. The number of anilines is 1. The Balaban J connectivity index is 2.08. The van der Waals surface area contributed by atoms with Crippen LogP contribution in [0.25, 0.3) is 0 Å². The maximum Gasteiger partial charge on any atom is 0.258 e. The van der Waals surface area contributed by atoms with Crippen molar-refractivity contribution < 1.29 is 9.90 Å². The lowest BCUT2D eigenvalue weighted by Crippen LogP contribution is -2.14. The second-order valence-corrected chi connectivity index (χ2v) is 3.26. The highest BCUT2D eigenvalue weighted by Gasteiger charge is 2.06. The van der Waals surface area contributed by atoms with Crippen LogP contribution in [0.4, 0.5) is 5.95 Å². The second kappa shape index (κ2) is 5.13. The highest BCUT2D eigenvalue weighted by Crippen LogP contribution is 2.03. The first-order valence-corrected chi connectivity index (χ1v) is 4.93. The third kappa shape index (κ3) is 2.82. The predicted molar refractivity (Wildman–Crippen MR) is 60.1 cm³/mol. The molecule has 1 amide bonds. The normalized spacial score (nSPS) is 9.94. The van der Waals surface area contributed by atoms with Crippen molar-refractivity contribution in [3.05, 3.63) is 48.0 Å². The van der Waals surface area contributed by atoms with Gasteiger partial charge in [-0.05, 0) is 12.1 Å². The van der Waals surface area contributed by atoms with Crippen LogP contribution in [-0.2, 0) is 6.61 Å². The average Bonchev–Trinajstić information content (AvgIpc) is 2.40. The summed E-state index contributed by atoms with van der Waals surface area (Å²) in [6.07, 6.45) is 5.97. The molecule has 2 aromatic heterocycles. The number of hydrogen-bond acceptors (Lipinski definition) is 5. The van der Waals surface area contributed by atoms with Gasteiger partial charge in [0.1, 0.15) is 0 Å². The van der Waals surface area contributed by atoms with Crippen molar-refractivity contribution in [3.63, 3.8) is 0 Å². The molecule has 0 bridgehead atoms. The standard InChI is InChI=1S/C11H10N4O2/c16-7-8-5-13-11(14-6-8)15-10(17)9-1-3-12-4-2-9/h1-6,16H,7H2,(H,13,14,15,17). The number of hydrogen-bond donors (Lipinski definition) is 2. The van der Waals surface area contributed by atoms with Crippen molar-refractivity contribution in [2.45, 2.75) is 6.61 Å². The number of aliphatic hydroxyl groups is 1. The van der Waals surface area contributed by atoms with Gasteiger partial charge >= 0.3 is 0 Å². The van der Waals surface area contributed by atoms with Crippen molar-refractivity contribution in [1.29, 1.82) is 0 Å². The van der Waals surface area contributed by atoms with Gasteiger partial charge in [-0.15, -0.1) is 0 Å². The highest BCUT2D eigenvalue weighted by atomic mass is 16.3. The van der Waals surface area contributed by atoms with Crippen LogP contribution in [0.1, 0.15) is 15.9 Å². The summed E-state index contributed by atoms with van der Waals surface area (Å²) in [7, 11) is 0. The molecule has 0 unspecified atom stereocenters. The van der Waals surface area contributed by atoms with Crippen LogP contribution in [0.2, 0.25) is 0 Å². The van der Waals surface area contributed by atoms with Crippen LogP contribution >= 0.6 is 0 Å². The molecule has 0 saturated carbocycles. The summed E-state index contributed by atoms with van der Waals surface area (Å²) < 4.78 is 0. The molecule has 17 heavy (non-hydrogen) atoms. The Morgan fingerprint density at radius 2 is 1.88 bits per heavy atom. The maximum atomic E-state index is 11.7. The maximum absolute atomic E-state index is 11.7. The molecule has 0 atom stereocenters. The van der Waals surface area contributed by atoms with Gasteiger partial charge in [0.25, 0.3) is 5.91 Å². The number of nitrogens with zero attached hydrogens (tertiary/aromatic N) is 3. The van der Waals surface area contributed by atoms with Gasteiger partial charge in [0.15, 0.2) is 0 Å². The Morgan fingerprint density at radius 1 is 1.24 bits per heavy atom. The molecular formula is C11H10N4O2. The minimum atomic E-state index is -0.302. The first-order chi connectivity index (χ1) is 8.29. The lowest BCUT2D eigenvalue weighted by molar-refractivity contribution is 0.102. The summed E-state index contributed by atoms with van der Waals surface area (Å²) in [5.41, 5.74) is 1.07. The molecule has 86 valence electrons. The topological polar surface area (TPSA) is 88.0 Å². The minimum absolute atomic E-state index is 0.126. The molecule has 6 nitrogen and oxygen atoms in total. The van der Waals surface area contributed by atoms with Gasteiger partial charge in [0, 0.05) is 35.9 Å². The van der Waals surface area contributed by atoms with Gasteiger partial charge in [0.05, 0.1) is 6.61 Å². The summed E-state index contributed by atoms with van der Waals surface area (Å²) in [5, 5.41) is 11.4. The summed E-state index contributed by atoms with van der Waals surface area (Å²) in [4.78, 5) is 23.3. The van der Waals surface area contributed by atoms with E-state index in [2.05, 4.69) is 20.3 Å². The number of rotatable bonds is 3. The summed E-state index contributed by atoms with van der Waals surface area (Å²) >= 11 is 0. The van der Waals surface area contributed by atoms with Crippen LogP contribution in [0.3, 0.4) is 0 Å². The van der Waals surface area contributed by atoms with Crippen molar-refractivity contribution in [2.75, 3.05) is 5.32 Å². The van der Waals surface area contributed by atoms with E-state index in [1.807, 2.05) is 0 Å². The largest absolute Gasteiger partial charge is 0.392 e. The first-order valence-electron chi connectivity index (χ1n) is 4.93. The van der Waals surface area contributed by atoms with E-state index < -0.39 is 0 Å². The molecule has 0 saturated heterocycles. The van der Waals surface area contributed by atoms with E-state index in [0.717, 1.165) is 0 Å². The fourth-order valence-corrected chi connectivity index (χ4v) is 1.18. The first kappa shape index (κ1) is 11.2. The minimum Gasteiger partial charge on any atom is -0.392 e. The molecule has 2 heterocycles. The molecule has 0 aliphatic heterocycles. The third-order valence-electron chi connectivity index (χ3n) is 2.06. The van der Waals surface area contributed by atoms with Gasteiger partial charge in [0.2, 0.25) is 5.95 Å². The molecule has 0 aliphatic rings. The van der Waals surface area contributed by atoms with E-state index in [4.69, 9.17) is 5.11 Å². The average molecular weight is 230 g/mol. The third-order valence-corrected chi connectivity index (χ3v) is 2.06. The zero-order valence-corrected chi connectivity index (χ0v) is 8.87. The number of aliphatic hydroxyl groups excluding tert-OH is 1. The Hall–Kier alpha value is -2.34. The summed E-state index contributed by atoms with van der Waals surface area (Å²) in [6, 6.07) is 3.19. The van der Waals surface area contributed by atoms with Gasteiger partial charge in [-0.2, -0.15) is 0 Å². The smallest absolute Gasteiger partial charge is 0.258 e. The van der Waals surface area contributed by atoms with Crippen LogP contribution in [0, 0.1) is 0 Å². The lowest BCUT2D eigenvalue weighted by Gasteiger charge is -2.03. The van der Waals surface area contributed by atoms with E-state index >= 15 is 0 Å². The van der Waals surface area contributed by atoms with Crippen LogP contribution < -0.4 is 5.32 Å². The van der Waals surface area contributed by atoms with E-state index in [-0.39, 0.29) is 18.5 Å². The number of amides is 1. The Kier molecular flexibility index (Phi) is 3.37. The molecule has 0 spiro atoms. The van der Waals surface area contributed by atoms with Crippen molar-refractivity contribution in [2.24, 2.45) is 0 Å². The monoisotopic (exact) mass is 230 g/mol. The molecule has 2 aromatic rings. The number of pyridine rings is 1. The Morgan fingerprint density at radius 3 is 2.47 bits per heavy atom. The number of nitrogens with one attached hydrogen (secondary N) is 1. The number of carbonyl (C=O) groups excluding carboxylic acids is 1. The molecular weight excluding hydrogens is 220 g/mol. The highest BCUT2D eigenvalue weighted by molar-refractivity contribution is 6.03. The lowest BCUT2D eigenvalue weighted by atomic mass is 10.2. The predicted octanol–water partition coefficient (Wildman–Crippen LogP) is 0.616. The molecule has 0 aromatic carbocycles. The Labute approximate surface area is 97.4 Å². The van der Waals surface area contributed by atoms with E-state index in [9.17, 15) is 4.79 Å². The zero-order chi connectivity index (χ0) is 12.1.